The van der Waals surface area contributed by atoms with Crippen LogP contribution in [0, 0.1) is 0 Å². The van der Waals surface area contributed by atoms with Crippen LogP contribution < -0.4 is 4.90 Å². The van der Waals surface area contributed by atoms with Gasteiger partial charge in [0.2, 0.25) is 0 Å². The highest BCUT2D eigenvalue weighted by molar-refractivity contribution is 6.29. The van der Waals surface area contributed by atoms with Crippen molar-refractivity contribution >= 4 is 17.3 Å². The normalized spacial score (nSPS) is 10.5. The van der Waals surface area contributed by atoms with Gasteiger partial charge in [-0.2, -0.15) is 5.10 Å². The van der Waals surface area contributed by atoms with Gasteiger partial charge < -0.3 is 14.4 Å². The molecule has 0 N–H and O–H groups in total. The van der Waals surface area contributed by atoms with Crippen LogP contribution in [-0.2, 0) is 9.47 Å². The number of hydrogen-bond donors (Lipinski definition) is 0. The fourth-order valence-corrected chi connectivity index (χ4v) is 1.63. The molecule has 0 bridgehead atoms. The monoisotopic (exact) mass is 259 g/mol. The maximum Gasteiger partial charge on any atom is 0.153 e. The summed E-state index contributed by atoms with van der Waals surface area (Å²) in [5, 5.41) is 7.98. The topological polar surface area (TPSA) is 47.5 Å². The van der Waals surface area contributed by atoms with Crippen molar-refractivity contribution in [1.29, 1.82) is 0 Å². The summed E-state index contributed by atoms with van der Waals surface area (Å²) in [6, 6.07) is 1.80. The van der Waals surface area contributed by atoms with Gasteiger partial charge in [0.25, 0.3) is 0 Å². The molecule has 0 atom stereocenters. The first-order valence-electron chi connectivity index (χ1n) is 5.49. The number of rotatable bonds is 8. The lowest BCUT2D eigenvalue weighted by Gasteiger charge is -2.23. The smallest absolute Gasteiger partial charge is 0.153 e. The van der Waals surface area contributed by atoms with Crippen molar-refractivity contribution in [3.8, 4) is 0 Å². The Kier molecular flexibility index (Phi) is 6.84. The highest BCUT2D eigenvalue weighted by atomic mass is 35.5. The van der Waals surface area contributed by atoms with Crippen LogP contribution in [0.5, 0.6) is 0 Å². The molecule has 0 aliphatic carbocycles. The van der Waals surface area contributed by atoms with Crippen LogP contribution in [0.1, 0.15) is 6.42 Å². The largest absolute Gasteiger partial charge is 0.385 e. The zero-order valence-electron chi connectivity index (χ0n) is 10.2. The first-order chi connectivity index (χ1) is 8.27. The van der Waals surface area contributed by atoms with Crippen LogP contribution >= 0.6 is 11.6 Å². The summed E-state index contributed by atoms with van der Waals surface area (Å²) in [6.07, 6.45) is 2.65. The van der Waals surface area contributed by atoms with E-state index in [0.29, 0.717) is 11.8 Å². The van der Waals surface area contributed by atoms with E-state index in [1.807, 2.05) is 0 Å². The summed E-state index contributed by atoms with van der Waals surface area (Å²) in [5.41, 5.74) is 0.957. The summed E-state index contributed by atoms with van der Waals surface area (Å²) in [6.45, 7) is 3.06. The summed E-state index contributed by atoms with van der Waals surface area (Å²) in [7, 11) is 3.38. The Bertz CT molecular complexity index is 325. The van der Waals surface area contributed by atoms with Crippen molar-refractivity contribution in [2.24, 2.45) is 0 Å². The number of anilines is 1. The molecule has 0 aliphatic rings. The van der Waals surface area contributed by atoms with Gasteiger partial charge in [-0.1, -0.05) is 11.6 Å². The van der Waals surface area contributed by atoms with E-state index in [9.17, 15) is 0 Å². The standard InChI is InChI=1S/C11H18ClN3O2/c1-16-6-3-4-15(5-7-17-2)10-8-11(12)14-13-9-10/h8-9H,3-7H2,1-2H3. The molecule has 0 saturated carbocycles. The Hall–Kier alpha value is -0.910. The van der Waals surface area contributed by atoms with Crippen LogP contribution in [-0.4, -0.2) is 50.7 Å². The Balaban J connectivity index is 2.60. The average molecular weight is 260 g/mol. The third-order valence-corrected chi connectivity index (χ3v) is 2.50. The molecule has 1 rings (SSSR count). The van der Waals surface area contributed by atoms with Crippen LogP contribution in [0.3, 0.4) is 0 Å². The molecule has 0 amide bonds. The van der Waals surface area contributed by atoms with Gasteiger partial charge in [-0.3, -0.25) is 0 Å². The number of ether oxygens (including phenoxy) is 2. The second-order valence-electron chi connectivity index (χ2n) is 3.56. The minimum absolute atomic E-state index is 0.400. The molecule has 1 aromatic rings. The first kappa shape index (κ1) is 14.2. The van der Waals surface area contributed by atoms with Crippen molar-refractivity contribution in [2.45, 2.75) is 6.42 Å². The predicted octanol–water partition coefficient (Wildman–Crippen LogP) is 1.62. The second kappa shape index (κ2) is 8.22. The Morgan fingerprint density at radius 1 is 1.24 bits per heavy atom. The Morgan fingerprint density at radius 3 is 2.65 bits per heavy atom. The number of hydrogen-bond acceptors (Lipinski definition) is 5. The fourth-order valence-electron chi connectivity index (χ4n) is 1.48. The molecule has 0 fully saturated rings. The highest BCUT2D eigenvalue weighted by Gasteiger charge is 2.07. The first-order valence-corrected chi connectivity index (χ1v) is 5.86. The maximum atomic E-state index is 5.83. The molecule has 0 saturated heterocycles. The van der Waals surface area contributed by atoms with Crippen molar-refractivity contribution < 1.29 is 9.47 Å². The van der Waals surface area contributed by atoms with Crippen molar-refractivity contribution in [1.82, 2.24) is 10.2 Å². The molecule has 1 aromatic heterocycles. The lowest BCUT2D eigenvalue weighted by Crippen LogP contribution is -2.29. The molecule has 1 heterocycles. The third kappa shape index (κ3) is 5.30. The second-order valence-corrected chi connectivity index (χ2v) is 3.95. The molecule has 0 aliphatic heterocycles. The third-order valence-electron chi connectivity index (χ3n) is 2.32. The quantitative estimate of drug-likeness (QED) is 0.664. The van der Waals surface area contributed by atoms with E-state index >= 15 is 0 Å². The van der Waals surface area contributed by atoms with Gasteiger partial charge >= 0.3 is 0 Å². The summed E-state index contributed by atoms with van der Waals surface area (Å²) >= 11 is 5.83. The van der Waals surface area contributed by atoms with E-state index < -0.39 is 0 Å². The highest BCUT2D eigenvalue weighted by Crippen LogP contribution is 2.16. The minimum Gasteiger partial charge on any atom is -0.385 e. The maximum absolute atomic E-state index is 5.83. The number of aromatic nitrogens is 2. The van der Waals surface area contributed by atoms with Gasteiger partial charge in [0, 0.05) is 40.0 Å². The van der Waals surface area contributed by atoms with E-state index in [1.165, 1.54) is 0 Å². The van der Waals surface area contributed by atoms with Gasteiger partial charge in [-0.15, -0.1) is 5.10 Å². The molecule has 17 heavy (non-hydrogen) atoms. The molecule has 96 valence electrons. The lowest BCUT2D eigenvalue weighted by molar-refractivity contribution is 0.191. The van der Waals surface area contributed by atoms with Crippen LogP contribution in [0.2, 0.25) is 5.15 Å². The van der Waals surface area contributed by atoms with E-state index in [4.69, 9.17) is 21.1 Å². The lowest BCUT2D eigenvalue weighted by atomic mass is 10.3. The van der Waals surface area contributed by atoms with Crippen molar-refractivity contribution in [3.63, 3.8) is 0 Å². The molecule has 0 aromatic carbocycles. The number of methoxy groups -OCH3 is 2. The summed E-state index contributed by atoms with van der Waals surface area (Å²) < 4.78 is 10.1. The minimum atomic E-state index is 0.400. The zero-order chi connectivity index (χ0) is 12.5. The van der Waals surface area contributed by atoms with Crippen LogP contribution in [0.15, 0.2) is 12.3 Å². The summed E-state index contributed by atoms with van der Waals surface area (Å²) in [4.78, 5) is 2.16. The van der Waals surface area contributed by atoms with Gasteiger partial charge in [0.05, 0.1) is 18.5 Å². The molecular formula is C11H18ClN3O2. The van der Waals surface area contributed by atoms with E-state index in [1.54, 1.807) is 26.5 Å². The van der Waals surface area contributed by atoms with Gasteiger partial charge in [0.15, 0.2) is 5.15 Å². The number of halogens is 1. The van der Waals surface area contributed by atoms with E-state index in [2.05, 4.69) is 15.1 Å². The molecular weight excluding hydrogens is 242 g/mol. The SMILES string of the molecule is COCCCN(CCOC)c1cnnc(Cl)c1. The van der Waals surface area contributed by atoms with E-state index in [-0.39, 0.29) is 0 Å². The fraction of sp³-hybridized carbons (Fsp3) is 0.636. The van der Waals surface area contributed by atoms with Crippen LogP contribution in [0.4, 0.5) is 5.69 Å². The molecule has 6 heteroatoms. The zero-order valence-corrected chi connectivity index (χ0v) is 11.0. The molecule has 0 unspecified atom stereocenters. The van der Waals surface area contributed by atoms with Gasteiger partial charge in [-0.05, 0) is 6.42 Å². The van der Waals surface area contributed by atoms with Crippen molar-refractivity contribution in [2.75, 3.05) is 45.4 Å². The van der Waals surface area contributed by atoms with E-state index in [0.717, 1.165) is 31.8 Å². The number of nitrogens with zero attached hydrogens (tertiary/aromatic N) is 3. The van der Waals surface area contributed by atoms with Crippen LogP contribution in [0.25, 0.3) is 0 Å². The predicted molar refractivity (Wildman–Crippen MR) is 67.6 cm³/mol. The van der Waals surface area contributed by atoms with Gasteiger partial charge in [0.1, 0.15) is 0 Å². The van der Waals surface area contributed by atoms with Crippen molar-refractivity contribution in [3.05, 3.63) is 17.4 Å². The van der Waals surface area contributed by atoms with Gasteiger partial charge in [-0.25, -0.2) is 0 Å². The molecule has 5 nitrogen and oxygen atoms in total. The molecule has 0 radical (unpaired) electrons. The Morgan fingerprint density at radius 2 is 2.00 bits per heavy atom. The average Bonchev–Trinajstić information content (AvgIpc) is 2.33. The summed E-state index contributed by atoms with van der Waals surface area (Å²) in [5.74, 6) is 0. The molecule has 0 spiro atoms. The Labute approximate surface area is 107 Å².